The maximum Gasteiger partial charge on any atom is 0.252 e. The Balaban J connectivity index is 1.76. The summed E-state index contributed by atoms with van der Waals surface area (Å²) in [5, 5.41) is 9.13. The fourth-order valence-electron chi connectivity index (χ4n) is 2.65. The van der Waals surface area contributed by atoms with E-state index >= 15 is 0 Å². The second-order valence-corrected chi connectivity index (χ2v) is 6.20. The van der Waals surface area contributed by atoms with Crippen molar-refractivity contribution in [2.75, 3.05) is 16.0 Å². The molecule has 0 atom stereocenters. The number of aromatic nitrogens is 1. The molecule has 0 aliphatic carbocycles. The standard InChI is InChI=1S/C21H21N5O2/c1-14(27)25-16-7-9-17(10-8-16)26-20-11-19(18(13-24-20)21(22)28)23-12-15-5-3-2-4-6-15/h2-11,13H,12H2,1H3,(H2,22,28)(H,25,27)(H2,23,24,26). The third-order valence-electron chi connectivity index (χ3n) is 3.97. The summed E-state index contributed by atoms with van der Waals surface area (Å²) in [6.07, 6.45) is 1.45. The number of benzene rings is 2. The van der Waals surface area contributed by atoms with Crippen LogP contribution in [0.25, 0.3) is 0 Å². The SMILES string of the molecule is CC(=O)Nc1ccc(Nc2cc(NCc3ccccc3)c(C(N)=O)cn2)cc1. The Hall–Kier alpha value is -3.87. The molecule has 0 fully saturated rings. The first-order valence-electron chi connectivity index (χ1n) is 8.73. The predicted octanol–water partition coefficient (Wildman–Crippen LogP) is 3.49. The van der Waals surface area contributed by atoms with Crippen LogP contribution in [0.1, 0.15) is 22.8 Å². The summed E-state index contributed by atoms with van der Waals surface area (Å²) >= 11 is 0. The molecule has 0 saturated carbocycles. The minimum atomic E-state index is -0.547. The molecule has 1 heterocycles. The number of carbonyl (C=O) groups excluding carboxylic acids is 2. The van der Waals surface area contributed by atoms with Gasteiger partial charge in [-0.2, -0.15) is 0 Å². The molecule has 0 saturated heterocycles. The number of amides is 2. The van der Waals surface area contributed by atoms with Gasteiger partial charge in [0.1, 0.15) is 5.82 Å². The van der Waals surface area contributed by atoms with Gasteiger partial charge in [0.2, 0.25) is 5.91 Å². The molecule has 142 valence electrons. The lowest BCUT2D eigenvalue weighted by atomic mass is 10.2. The lowest BCUT2D eigenvalue weighted by molar-refractivity contribution is -0.114. The Morgan fingerprint density at radius 3 is 2.32 bits per heavy atom. The van der Waals surface area contributed by atoms with E-state index in [1.54, 1.807) is 18.2 Å². The third-order valence-corrected chi connectivity index (χ3v) is 3.97. The van der Waals surface area contributed by atoms with Crippen molar-refractivity contribution in [3.8, 4) is 0 Å². The smallest absolute Gasteiger partial charge is 0.252 e. The number of carbonyl (C=O) groups is 2. The molecular weight excluding hydrogens is 354 g/mol. The van der Waals surface area contributed by atoms with Gasteiger partial charge < -0.3 is 21.7 Å². The Morgan fingerprint density at radius 1 is 1.00 bits per heavy atom. The Bertz CT molecular complexity index is 972. The van der Waals surface area contributed by atoms with E-state index in [9.17, 15) is 9.59 Å². The Morgan fingerprint density at radius 2 is 1.68 bits per heavy atom. The van der Waals surface area contributed by atoms with Gasteiger partial charge in [-0.05, 0) is 29.8 Å². The number of hydrogen-bond donors (Lipinski definition) is 4. The molecular formula is C21H21N5O2. The molecule has 2 aromatic carbocycles. The topological polar surface area (TPSA) is 109 Å². The van der Waals surface area contributed by atoms with Crippen LogP contribution in [-0.2, 0) is 11.3 Å². The number of nitrogens with two attached hydrogens (primary N) is 1. The van der Waals surface area contributed by atoms with Crippen molar-refractivity contribution >= 4 is 34.7 Å². The minimum Gasteiger partial charge on any atom is -0.380 e. The zero-order valence-electron chi connectivity index (χ0n) is 15.4. The summed E-state index contributed by atoms with van der Waals surface area (Å²) in [5.41, 5.74) is 8.97. The van der Waals surface area contributed by atoms with E-state index < -0.39 is 5.91 Å². The van der Waals surface area contributed by atoms with E-state index in [4.69, 9.17) is 5.73 Å². The van der Waals surface area contributed by atoms with Crippen molar-refractivity contribution in [1.29, 1.82) is 0 Å². The first kappa shape index (κ1) is 18.9. The summed E-state index contributed by atoms with van der Waals surface area (Å²) in [6, 6.07) is 18.8. The second-order valence-electron chi connectivity index (χ2n) is 6.20. The molecule has 0 aliphatic rings. The highest BCUT2D eigenvalue weighted by atomic mass is 16.1. The average Bonchev–Trinajstić information content (AvgIpc) is 2.68. The molecule has 0 bridgehead atoms. The van der Waals surface area contributed by atoms with Gasteiger partial charge in [-0.15, -0.1) is 0 Å². The van der Waals surface area contributed by atoms with Crippen LogP contribution >= 0.6 is 0 Å². The van der Waals surface area contributed by atoms with E-state index in [-0.39, 0.29) is 5.91 Å². The average molecular weight is 375 g/mol. The van der Waals surface area contributed by atoms with E-state index in [1.807, 2.05) is 42.5 Å². The molecule has 5 N–H and O–H groups in total. The van der Waals surface area contributed by atoms with Crippen LogP contribution in [0.2, 0.25) is 0 Å². The van der Waals surface area contributed by atoms with E-state index in [0.29, 0.717) is 29.3 Å². The predicted molar refractivity (Wildman–Crippen MR) is 111 cm³/mol. The van der Waals surface area contributed by atoms with Gasteiger partial charge >= 0.3 is 0 Å². The molecule has 7 nitrogen and oxygen atoms in total. The van der Waals surface area contributed by atoms with Crippen molar-refractivity contribution in [2.45, 2.75) is 13.5 Å². The zero-order valence-corrected chi connectivity index (χ0v) is 15.4. The van der Waals surface area contributed by atoms with E-state index in [0.717, 1.165) is 11.3 Å². The highest BCUT2D eigenvalue weighted by molar-refractivity contribution is 5.98. The molecule has 3 aromatic rings. The molecule has 3 rings (SSSR count). The highest BCUT2D eigenvalue weighted by Crippen LogP contribution is 2.23. The van der Waals surface area contributed by atoms with E-state index in [2.05, 4.69) is 20.9 Å². The number of nitrogens with one attached hydrogen (secondary N) is 3. The zero-order chi connectivity index (χ0) is 19.9. The van der Waals surface area contributed by atoms with Crippen LogP contribution < -0.4 is 21.7 Å². The molecule has 1 aromatic heterocycles. The van der Waals surface area contributed by atoms with Gasteiger partial charge in [0.15, 0.2) is 0 Å². The first-order chi connectivity index (χ1) is 13.5. The van der Waals surface area contributed by atoms with Crippen molar-refractivity contribution < 1.29 is 9.59 Å². The molecule has 0 unspecified atom stereocenters. The number of rotatable bonds is 7. The number of anilines is 4. The number of primary amides is 1. The molecule has 28 heavy (non-hydrogen) atoms. The third kappa shape index (κ3) is 5.07. The van der Waals surface area contributed by atoms with Crippen molar-refractivity contribution in [1.82, 2.24) is 4.98 Å². The van der Waals surface area contributed by atoms with Crippen LogP contribution in [-0.4, -0.2) is 16.8 Å². The van der Waals surface area contributed by atoms with Gasteiger partial charge in [0.05, 0.1) is 11.3 Å². The van der Waals surface area contributed by atoms with Crippen molar-refractivity contribution in [3.05, 3.63) is 78.0 Å². The van der Waals surface area contributed by atoms with Gasteiger partial charge in [0, 0.05) is 37.1 Å². The van der Waals surface area contributed by atoms with Crippen LogP contribution in [0.15, 0.2) is 66.9 Å². The summed E-state index contributed by atoms with van der Waals surface area (Å²) in [7, 11) is 0. The summed E-state index contributed by atoms with van der Waals surface area (Å²) in [6.45, 7) is 2.01. The number of pyridine rings is 1. The maximum absolute atomic E-state index is 11.7. The van der Waals surface area contributed by atoms with Crippen LogP contribution in [0.4, 0.5) is 22.9 Å². The monoisotopic (exact) mass is 375 g/mol. The second kappa shape index (κ2) is 8.68. The van der Waals surface area contributed by atoms with Gasteiger partial charge in [-0.1, -0.05) is 30.3 Å². The van der Waals surface area contributed by atoms with Crippen LogP contribution in [0, 0.1) is 0 Å². The first-order valence-corrected chi connectivity index (χ1v) is 8.73. The molecule has 0 spiro atoms. The van der Waals surface area contributed by atoms with Gasteiger partial charge in [-0.3, -0.25) is 9.59 Å². The van der Waals surface area contributed by atoms with Crippen molar-refractivity contribution in [2.24, 2.45) is 5.73 Å². The summed E-state index contributed by atoms with van der Waals surface area (Å²) in [5.74, 6) is -0.111. The van der Waals surface area contributed by atoms with Crippen LogP contribution in [0.5, 0.6) is 0 Å². The quantitative estimate of drug-likeness (QED) is 0.505. The Labute approximate surface area is 163 Å². The fraction of sp³-hybridized carbons (Fsp3) is 0.0952. The number of hydrogen-bond acceptors (Lipinski definition) is 5. The Kier molecular flexibility index (Phi) is 5.86. The van der Waals surface area contributed by atoms with Gasteiger partial charge in [-0.25, -0.2) is 4.98 Å². The molecule has 7 heteroatoms. The molecule has 2 amide bonds. The lowest BCUT2D eigenvalue weighted by Crippen LogP contribution is -2.15. The number of nitrogens with zero attached hydrogens (tertiary/aromatic N) is 1. The lowest BCUT2D eigenvalue weighted by Gasteiger charge is -2.13. The molecule has 0 aliphatic heterocycles. The largest absolute Gasteiger partial charge is 0.380 e. The summed E-state index contributed by atoms with van der Waals surface area (Å²) in [4.78, 5) is 27.1. The van der Waals surface area contributed by atoms with Crippen LogP contribution in [0.3, 0.4) is 0 Å². The van der Waals surface area contributed by atoms with Crippen molar-refractivity contribution in [3.63, 3.8) is 0 Å². The van der Waals surface area contributed by atoms with Gasteiger partial charge in [0.25, 0.3) is 5.91 Å². The molecule has 0 radical (unpaired) electrons. The highest BCUT2D eigenvalue weighted by Gasteiger charge is 2.10. The maximum atomic E-state index is 11.7. The summed E-state index contributed by atoms with van der Waals surface area (Å²) < 4.78 is 0. The fourth-order valence-corrected chi connectivity index (χ4v) is 2.65. The minimum absolute atomic E-state index is 0.126. The van der Waals surface area contributed by atoms with E-state index in [1.165, 1.54) is 13.1 Å². The normalized spacial score (nSPS) is 10.2.